The van der Waals surface area contributed by atoms with Gasteiger partial charge in [-0.2, -0.15) is 8.42 Å². The van der Waals surface area contributed by atoms with Crippen LogP contribution >= 0.6 is 0 Å². The molecule has 0 heterocycles. The van der Waals surface area contributed by atoms with Gasteiger partial charge in [0.25, 0.3) is 0 Å². The number of primary amides is 1. The van der Waals surface area contributed by atoms with Gasteiger partial charge in [-0.15, -0.1) is 0 Å². The quantitative estimate of drug-likeness (QED) is 0.224. The standard InChI is InChI=1S/C20H31N5O8S/c1-20(2,3)33-19(29)24-14(9-10-16(21)26)18(28)23-15(17(27)22-4)11-12-5-7-13(8-6-12)25-34(30,31)32/h5-8,14-15,25H,9-11H2,1-4H3,(H2,21,26)(H,22,27)(H,23,28)(H,24,29)(H,30,31,32)/t14-,15+/m1/s1. The van der Waals surface area contributed by atoms with Crippen molar-refractivity contribution in [2.75, 3.05) is 11.8 Å². The monoisotopic (exact) mass is 501 g/mol. The third kappa shape index (κ3) is 11.5. The molecule has 0 fully saturated rings. The van der Waals surface area contributed by atoms with Crippen LogP contribution in [-0.4, -0.2) is 61.5 Å². The molecule has 0 spiro atoms. The van der Waals surface area contributed by atoms with E-state index in [1.54, 1.807) is 20.8 Å². The molecule has 14 heteroatoms. The Bertz CT molecular complexity index is 989. The maximum Gasteiger partial charge on any atom is 0.408 e. The first-order valence-electron chi connectivity index (χ1n) is 10.2. The summed E-state index contributed by atoms with van der Waals surface area (Å²) in [4.78, 5) is 48.6. The Labute approximate surface area is 198 Å². The van der Waals surface area contributed by atoms with Crippen molar-refractivity contribution < 1.29 is 36.9 Å². The fourth-order valence-electron chi connectivity index (χ4n) is 2.75. The normalized spacial score (nSPS) is 13.2. The van der Waals surface area contributed by atoms with E-state index in [4.69, 9.17) is 15.0 Å². The summed E-state index contributed by atoms with van der Waals surface area (Å²) in [5, 5.41) is 7.35. The van der Waals surface area contributed by atoms with Crippen molar-refractivity contribution in [3.05, 3.63) is 29.8 Å². The van der Waals surface area contributed by atoms with Gasteiger partial charge in [0.2, 0.25) is 17.7 Å². The number of nitrogens with two attached hydrogens (primary N) is 1. The molecule has 0 aliphatic rings. The van der Waals surface area contributed by atoms with Crippen molar-refractivity contribution in [1.82, 2.24) is 16.0 Å². The van der Waals surface area contributed by atoms with E-state index in [0.29, 0.717) is 5.56 Å². The summed E-state index contributed by atoms with van der Waals surface area (Å²) in [6.07, 6.45) is -1.17. The lowest BCUT2D eigenvalue weighted by molar-refractivity contribution is -0.130. The molecule has 2 atom stereocenters. The van der Waals surface area contributed by atoms with Crippen LogP contribution in [0, 0.1) is 0 Å². The number of alkyl carbamates (subject to hydrolysis) is 1. The van der Waals surface area contributed by atoms with Crippen molar-refractivity contribution >= 4 is 39.8 Å². The molecular formula is C20H31N5O8S. The SMILES string of the molecule is CNC(=O)[C@H](Cc1ccc(NS(=O)(=O)O)cc1)NC(=O)[C@@H](CCC(N)=O)NC(=O)OC(C)(C)C. The third-order valence-corrected chi connectivity index (χ3v) is 4.70. The fraction of sp³-hybridized carbons (Fsp3) is 0.500. The van der Waals surface area contributed by atoms with Crippen LogP contribution in [0.4, 0.5) is 10.5 Å². The number of rotatable bonds is 11. The molecule has 0 saturated carbocycles. The predicted octanol–water partition coefficient (Wildman–Crippen LogP) is -0.167. The average Bonchev–Trinajstić information content (AvgIpc) is 2.68. The molecule has 4 amide bonds. The zero-order chi connectivity index (χ0) is 26.1. The summed E-state index contributed by atoms with van der Waals surface area (Å²) in [6, 6.07) is 3.47. The minimum Gasteiger partial charge on any atom is -0.444 e. The first kappa shape index (κ1) is 28.6. The number of hydrogen-bond donors (Lipinski definition) is 6. The van der Waals surface area contributed by atoms with E-state index in [1.807, 2.05) is 4.72 Å². The average molecular weight is 502 g/mol. The zero-order valence-corrected chi connectivity index (χ0v) is 20.2. The van der Waals surface area contributed by atoms with E-state index in [9.17, 15) is 27.6 Å². The number of ether oxygens (including phenoxy) is 1. The Kier molecular flexibility index (Phi) is 10.3. The number of anilines is 1. The predicted molar refractivity (Wildman–Crippen MR) is 123 cm³/mol. The Morgan fingerprint density at radius 1 is 1.03 bits per heavy atom. The van der Waals surface area contributed by atoms with Crippen LogP contribution in [0.15, 0.2) is 24.3 Å². The second-order valence-electron chi connectivity index (χ2n) is 8.36. The molecule has 0 radical (unpaired) electrons. The number of amides is 4. The minimum absolute atomic E-state index is 0.0204. The summed E-state index contributed by atoms with van der Waals surface area (Å²) < 4.78 is 37.7. The number of nitrogens with one attached hydrogen (secondary N) is 4. The highest BCUT2D eigenvalue weighted by Gasteiger charge is 2.28. The first-order valence-corrected chi connectivity index (χ1v) is 11.7. The lowest BCUT2D eigenvalue weighted by Gasteiger charge is -2.25. The van der Waals surface area contributed by atoms with Gasteiger partial charge in [0.1, 0.15) is 17.7 Å². The molecule has 0 aliphatic heterocycles. The van der Waals surface area contributed by atoms with Crippen LogP contribution in [0.25, 0.3) is 0 Å². The Morgan fingerprint density at radius 3 is 2.09 bits per heavy atom. The van der Waals surface area contributed by atoms with Gasteiger partial charge >= 0.3 is 16.4 Å². The van der Waals surface area contributed by atoms with Gasteiger partial charge in [0.05, 0.1) is 5.69 Å². The van der Waals surface area contributed by atoms with Gasteiger partial charge in [-0.25, -0.2) is 4.79 Å². The van der Waals surface area contributed by atoms with E-state index in [-0.39, 0.29) is 24.9 Å². The molecule has 190 valence electrons. The minimum atomic E-state index is -4.44. The molecule has 0 saturated heterocycles. The van der Waals surface area contributed by atoms with Gasteiger partial charge < -0.3 is 26.4 Å². The second-order valence-corrected chi connectivity index (χ2v) is 9.51. The highest BCUT2D eigenvalue weighted by Crippen LogP contribution is 2.13. The van der Waals surface area contributed by atoms with Gasteiger partial charge in [-0.05, 0) is 44.9 Å². The number of likely N-dealkylation sites (N-methyl/N-ethyl adjacent to an activating group) is 1. The second kappa shape index (κ2) is 12.2. The maximum absolute atomic E-state index is 12.9. The number of hydrogen-bond acceptors (Lipinski definition) is 7. The van der Waals surface area contributed by atoms with Gasteiger partial charge in [0, 0.05) is 19.9 Å². The molecule has 0 unspecified atom stereocenters. The van der Waals surface area contributed by atoms with Gasteiger partial charge in [-0.1, -0.05) is 12.1 Å². The molecule has 0 aliphatic carbocycles. The van der Waals surface area contributed by atoms with Crippen LogP contribution < -0.4 is 26.4 Å². The van der Waals surface area contributed by atoms with Crippen molar-refractivity contribution in [3.8, 4) is 0 Å². The molecule has 13 nitrogen and oxygen atoms in total. The van der Waals surface area contributed by atoms with Crippen LogP contribution in [-0.2, 0) is 35.8 Å². The van der Waals surface area contributed by atoms with E-state index < -0.39 is 51.8 Å². The maximum atomic E-state index is 12.9. The van der Waals surface area contributed by atoms with Crippen LogP contribution in [0.5, 0.6) is 0 Å². The zero-order valence-electron chi connectivity index (χ0n) is 19.4. The van der Waals surface area contributed by atoms with Crippen LogP contribution in [0.3, 0.4) is 0 Å². The molecule has 7 N–H and O–H groups in total. The number of benzene rings is 1. The first-order chi connectivity index (χ1) is 15.6. The van der Waals surface area contributed by atoms with E-state index >= 15 is 0 Å². The van der Waals surface area contributed by atoms with Crippen molar-refractivity contribution in [2.45, 2.75) is 57.7 Å². The highest BCUT2D eigenvalue weighted by atomic mass is 32.2. The van der Waals surface area contributed by atoms with Gasteiger partial charge in [-0.3, -0.25) is 23.7 Å². The number of carbonyl (C=O) groups is 4. The summed E-state index contributed by atoms with van der Waals surface area (Å²) in [5.41, 5.74) is 4.99. The molecule has 0 aromatic heterocycles. The third-order valence-electron chi connectivity index (χ3n) is 4.21. The Hall–Kier alpha value is -3.39. The van der Waals surface area contributed by atoms with Crippen molar-refractivity contribution in [1.29, 1.82) is 0 Å². The summed E-state index contributed by atoms with van der Waals surface area (Å²) in [5.74, 6) is -1.94. The Balaban J connectivity index is 2.98. The molecule has 0 bridgehead atoms. The van der Waals surface area contributed by atoms with E-state index in [0.717, 1.165) is 0 Å². The van der Waals surface area contributed by atoms with Crippen LogP contribution in [0.2, 0.25) is 0 Å². The number of carbonyl (C=O) groups excluding carboxylic acids is 4. The van der Waals surface area contributed by atoms with Crippen molar-refractivity contribution in [3.63, 3.8) is 0 Å². The topological polar surface area (TPSA) is 206 Å². The smallest absolute Gasteiger partial charge is 0.408 e. The fourth-order valence-corrected chi connectivity index (χ4v) is 3.19. The highest BCUT2D eigenvalue weighted by molar-refractivity contribution is 7.87. The molecule has 1 aromatic carbocycles. The molecular weight excluding hydrogens is 470 g/mol. The summed E-state index contributed by atoms with van der Waals surface area (Å²) >= 11 is 0. The van der Waals surface area contributed by atoms with Crippen LogP contribution in [0.1, 0.15) is 39.2 Å². The van der Waals surface area contributed by atoms with E-state index in [1.165, 1.54) is 31.3 Å². The molecule has 1 rings (SSSR count). The molecule has 1 aromatic rings. The lowest BCUT2D eigenvalue weighted by atomic mass is 10.0. The van der Waals surface area contributed by atoms with Crippen molar-refractivity contribution in [2.24, 2.45) is 5.73 Å². The largest absolute Gasteiger partial charge is 0.444 e. The Morgan fingerprint density at radius 2 is 1.62 bits per heavy atom. The van der Waals surface area contributed by atoms with Gasteiger partial charge in [0.15, 0.2) is 0 Å². The van der Waals surface area contributed by atoms with E-state index in [2.05, 4.69) is 16.0 Å². The summed E-state index contributed by atoms with van der Waals surface area (Å²) in [7, 11) is -3.06. The molecule has 34 heavy (non-hydrogen) atoms. The summed E-state index contributed by atoms with van der Waals surface area (Å²) in [6.45, 7) is 4.93. The lowest BCUT2D eigenvalue weighted by Crippen LogP contribution is -2.54.